The molecule has 3 rings (SSSR count). The average molecular weight is 438 g/mol. The summed E-state index contributed by atoms with van der Waals surface area (Å²) < 4.78 is 10.8. The van der Waals surface area contributed by atoms with Crippen molar-refractivity contribution >= 4 is 52.2 Å². The first-order chi connectivity index (χ1) is 13.4. The third kappa shape index (κ3) is 4.46. The Morgan fingerprint density at radius 3 is 2.64 bits per heavy atom. The summed E-state index contributed by atoms with van der Waals surface area (Å²) in [6.45, 7) is 2.45. The molecule has 1 heterocycles. The molecule has 2 amide bonds. The van der Waals surface area contributed by atoms with Gasteiger partial charge in [0.05, 0.1) is 30.2 Å². The minimum absolute atomic E-state index is 0.163. The van der Waals surface area contributed by atoms with E-state index in [1.807, 2.05) is 13.0 Å². The number of benzene rings is 2. The maximum Gasteiger partial charge on any atom is 0.293 e. The van der Waals surface area contributed by atoms with Gasteiger partial charge in [0.25, 0.3) is 11.1 Å². The minimum Gasteiger partial charge on any atom is -0.491 e. The predicted octanol–water partition coefficient (Wildman–Crippen LogP) is 5.64. The van der Waals surface area contributed by atoms with E-state index in [1.54, 1.807) is 36.4 Å². The van der Waals surface area contributed by atoms with Crippen molar-refractivity contribution in [3.63, 3.8) is 0 Å². The molecule has 2 aromatic carbocycles. The molecule has 0 saturated carbocycles. The molecule has 0 unspecified atom stereocenters. The normalized spacial score (nSPS) is 15.4. The number of nitrogens with zero attached hydrogens (tertiary/aromatic N) is 1. The van der Waals surface area contributed by atoms with Crippen molar-refractivity contribution in [1.29, 1.82) is 0 Å². The Morgan fingerprint density at radius 2 is 1.96 bits per heavy atom. The standard InChI is InChI=1S/C20H17Cl2NO4S/c1-3-27-16-9-13(8-15(22)18(16)26-2)10-17-19(24)23(20(25)28-17)11-12-5-4-6-14(21)7-12/h4-10H,3,11H2,1-2H3/b17-10-. The molecule has 2 aromatic rings. The molecule has 1 saturated heterocycles. The fraction of sp³-hybridized carbons (Fsp3) is 0.200. The summed E-state index contributed by atoms with van der Waals surface area (Å²) in [7, 11) is 1.50. The topological polar surface area (TPSA) is 55.8 Å². The number of imide groups is 1. The highest BCUT2D eigenvalue weighted by Crippen LogP contribution is 2.39. The van der Waals surface area contributed by atoms with Gasteiger partial charge in [0, 0.05) is 5.02 Å². The smallest absolute Gasteiger partial charge is 0.293 e. The molecule has 0 bridgehead atoms. The molecule has 0 spiro atoms. The molecule has 5 nitrogen and oxygen atoms in total. The van der Waals surface area contributed by atoms with Gasteiger partial charge in [-0.15, -0.1) is 0 Å². The van der Waals surface area contributed by atoms with Gasteiger partial charge in [0.1, 0.15) is 0 Å². The molecule has 1 fully saturated rings. The van der Waals surface area contributed by atoms with Gasteiger partial charge < -0.3 is 9.47 Å². The SMILES string of the molecule is CCOc1cc(/C=C2\SC(=O)N(Cc3cccc(Cl)c3)C2=O)cc(Cl)c1OC. The Hall–Kier alpha value is -2.15. The zero-order valence-electron chi connectivity index (χ0n) is 15.2. The minimum atomic E-state index is -0.361. The highest BCUT2D eigenvalue weighted by atomic mass is 35.5. The van der Waals surface area contributed by atoms with E-state index in [-0.39, 0.29) is 17.7 Å². The molecule has 1 aliphatic rings. The van der Waals surface area contributed by atoms with Crippen LogP contribution in [0.4, 0.5) is 4.79 Å². The molecule has 146 valence electrons. The average Bonchev–Trinajstić information content (AvgIpc) is 2.89. The molecule has 8 heteroatoms. The number of carbonyl (C=O) groups excluding carboxylic acids is 2. The summed E-state index contributed by atoms with van der Waals surface area (Å²) in [5, 5.41) is 0.579. The van der Waals surface area contributed by atoms with Crippen molar-refractivity contribution < 1.29 is 19.1 Å². The number of thioether (sulfide) groups is 1. The van der Waals surface area contributed by atoms with E-state index in [0.717, 1.165) is 17.3 Å². The molecule has 0 atom stereocenters. The molecule has 0 aliphatic carbocycles. The molecular weight excluding hydrogens is 421 g/mol. The number of carbonyl (C=O) groups is 2. The lowest BCUT2D eigenvalue weighted by Gasteiger charge is -2.13. The van der Waals surface area contributed by atoms with Gasteiger partial charge >= 0.3 is 0 Å². The lowest BCUT2D eigenvalue weighted by Crippen LogP contribution is -2.27. The van der Waals surface area contributed by atoms with Crippen molar-refractivity contribution in [2.24, 2.45) is 0 Å². The molecule has 0 aromatic heterocycles. The molecule has 0 radical (unpaired) electrons. The Balaban J connectivity index is 1.87. The highest BCUT2D eigenvalue weighted by molar-refractivity contribution is 8.18. The number of hydrogen-bond acceptors (Lipinski definition) is 5. The summed E-state index contributed by atoms with van der Waals surface area (Å²) in [4.78, 5) is 26.6. The fourth-order valence-corrected chi connectivity index (χ4v) is 4.09. The first kappa shape index (κ1) is 20.6. The zero-order chi connectivity index (χ0) is 20.3. The first-order valence-corrected chi connectivity index (χ1v) is 10.00. The van der Waals surface area contributed by atoms with Crippen molar-refractivity contribution in [1.82, 2.24) is 4.90 Å². The molecule has 1 aliphatic heterocycles. The lowest BCUT2D eigenvalue weighted by atomic mass is 10.1. The monoisotopic (exact) mass is 437 g/mol. The number of hydrogen-bond donors (Lipinski definition) is 0. The molecule has 28 heavy (non-hydrogen) atoms. The van der Waals surface area contributed by atoms with Gasteiger partial charge in [-0.1, -0.05) is 35.3 Å². The Kier molecular flexibility index (Phi) is 6.54. The fourth-order valence-electron chi connectivity index (χ4n) is 2.74. The summed E-state index contributed by atoms with van der Waals surface area (Å²) in [6.07, 6.45) is 1.62. The second kappa shape index (κ2) is 8.90. The summed E-state index contributed by atoms with van der Waals surface area (Å²) in [5.74, 6) is 0.538. The Bertz CT molecular complexity index is 961. The largest absolute Gasteiger partial charge is 0.491 e. The van der Waals surface area contributed by atoms with Crippen LogP contribution in [0.2, 0.25) is 10.0 Å². The van der Waals surface area contributed by atoms with Crippen molar-refractivity contribution in [3.05, 3.63) is 62.5 Å². The number of methoxy groups -OCH3 is 1. The Morgan fingerprint density at radius 1 is 1.18 bits per heavy atom. The van der Waals surface area contributed by atoms with Crippen LogP contribution in [0.1, 0.15) is 18.1 Å². The van der Waals surface area contributed by atoms with Crippen molar-refractivity contribution in [2.45, 2.75) is 13.5 Å². The summed E-state index contributed by atoms with van der Waals surface area (Å²) in [5.41, 5.74) is 1.42. The quantitative estimate of drug-likeness (QED) is 0.547. The van der Waals surface area contributed by atoms with Crippen LogP contribution >= 0.6 is 35.0 Å². The maximum atomic E-state index is 12.7. The van der Waals surface area contributed by atoms with E-state index in [9.17, 15) is 9.59 Å². The first-order valence-electron chi connectivity index (χ1n) is 8.43. The number of amides is 2. The lowest BCUT2D eigenvalue weighted by molar-refractivity contribution is -0.123. The van der Waals surface area contributed by atoms with Crippen LogP contribution in [0.5, 0.6) is 11.5 Å². The third-order valence-corrected chi connectivity index (χ3v) is 5.36. The van der Waals surface area contributed by atoms with Crippen LogP contribution in [-0.2, 0) is 11.3 Å². The van der Waals surface area contributed by atoms with E-state index < -0.39 is 0 Å². The van der Waals surface area contributed by atoms with E-state index in [2.05, 4.69) is 0 Å². The van der Waals surface area contributed by atoms with Gasteiger partial charge in [-0.05, 0) is 60.2 Å². The second-order valence-corrected chi connectivity index (χ2v) is 7.70. The number of rotatable bonds is 6. The third-order valence-electron chi connectivity index (χ3n) is 3.94. The van der Waals surface area contributed by atoms with Gasteiger partial charge in [-0.25, -0.2) is 0 Å². The summed E-state index contributed by atoms with van der Waals surface area (Å²) in [6, 6.07) is 10.4. The summed E-state index contributed by atoms with van der Waals surface area (Å²) >= 11 is 13.1. The van der Waals surface area contributed by atoms with Crippen LogP contribution in [0.15, 0.2) is 41.3 Å². The zero-order valence-corrected chi connectivity index (χ0v) is 17.5. The van der Waals surface area contributed by atoms with Gasteiger partial charge in [0.2, 0.25) is 0 Å². The van der Waals surface area contributed by atoms with Crippen LogP contribution in [0.3, 0.4) is 0 Å². The van der Waals surface area contributed by atoms with Crippen LogP contribution in [-0.4, -0.2) is 29.8 Å². The van der Waals surface area contributed by atoms with E-state index in [1.165, 1.54) is 12.0 Å². The van der Waals surface area contributed by atoms with Gasteiger partial charge in [-0.2, -0.15) is 0 Å². The van der Waals surface area contributed by atoms with Crippen LogP contribution < -0.4 is 9.47 Å². The predicted molar refractivity (Wildman–Crippen MR) is 112 cm³/mol. The number of halogens is 2. The van der Waals surface area contributed by atoms with Crippen molar-refractivity contribution in [2.75, 3.05) is 13.7 Å². The van der Waals surface area contributed by atoms with E-state index in [4.69, 9.17) is 32.7 Å². The Labute approximate surface area is 177 Å². The molecular formula is C20H17Cl2NO4S. The molecule has 0 N–H and O–H groups in total. The maximum absolute atomic E-state index is 12.7. The van der Waals surface area contributed by atoms with Crippen LogP contribution in [0.25, 0.3) is 6.08 Å². The van der Waals surface area contributed by atoms with Crippen molar-refractivity contribution in [3.8, 4) is 11.5 Å². The number of ether oxygens (including phenoxy) is 2. The van der Waals surface area contributed by atoms with Crippen LogP contribution in [0, 0.1) is 0 Å². The van der Waals surface area contributed by atoms with E-state index >= 15 is 0 Å². The highest BCUT2D eigenvalue weighted by Gasteiger charge is 2.35. The second-order valence-electron chi connectivity index (χ2n) is 5.86. The van der Waals surface area contributed by atoms with Gasteiger partial charge in [-0.3, -0.25) is 14.5 Å². The van der Waals surface area contributed by atoms with E-state index in [0.29, 0.717) is 38.6 Å². The van der Waals surface area contributed by atoms with Gasteiger partial charge in [0.15, 0.2) is 11.5 Å².